The van der Waals surface area contributed by atoms with Gasteiger partial charge in [0.25, 0.3) is 0 Å². The van der Waals surface area contributed by atoms with Gasteiger partial charge in [-0.3, -0.25) is 5.10 Å². The van der Waals surface area contributed by atoms with Crippen LogP contribution in [0.2, 0.25) is 0 Å². The molecule has 3 heterocycles. The Balaban J connectivity index is 1.98. The zero-order valence-corrected chi connectivity index (χ0v) is 11.9. The minimum absolute atomic E-state index is 0.267. The van der Waals surface area contributed by atoms with Crippen molar-refractivity contribution in [3.05, 3.63) is 6.20 Å². The third kappa shape index (κ3) is 2.40. The molecule has 0 aliphatic carbocycles. The fourth-order valence-corrected chi connectivity index (χ4v) is 2.62. The maximum absolute atomic E-state index is 5.49. The minimum atomic E-state index is 0.267. The van der Waals surface area contributed by atoms with E-state index in [1.807, 2.05) is 6.92 Å². The summed E-state index contributed by atoms with van der Waals surface area (Å²) in [5.74, 6) is 1.57. The quantitative estimate of drug-likeness (QED) is 0.879. The number of ether oxygens (including phenoxy) is 1. The van der Waals surface area contributed by atoms with Crippen molar-refractivity contribution in [3.63, 3.8) is 0 Å². The van der Waals surface area contributed by atoms with E-state index in [0.717, 1.165) is 49.3 Å². The van der Waals surface area contributed by atoms with Crippen LogP contribution in [0.4, 0.5) is 11.8 Å². The normalized spacial score (nSPS) is 19.5. The molecule has 0 spiro atoms. The van der Waals surface area contributed by atoms with Crippen LogP contribution in [0.25, 0.3) is 11.0 Å². The molecular weight excluding hydrogens is 256 g/mol. The van der Waals surface area contributed by atoms with Crippen LogP contribution < -0.4 is 10.2 Å². The van der Waals surface area contributed by atoms with Crippen molar-refractivity contribution >= 4 is 22.8 Å². The Kier molecular flexibility index (Phi) is 3.68. The fourth-order valence-electron chi connectivity index (χ4n) is 2.62. The average molecular weight is 276 g/mol. The number of nitrogens with one attached hydrogen (secondary N) is 2. The number of anilines is 2. The molecule has 0 saturated carbocycles. The van der Waals surface area contributed by atoms with E-state index in [1.165, 1.54) is 0 Å². The lowest BCUT2D eigenvalue weighted by Gasteiger charge is -2.33. The molecule has 20 heavy (non-hydrogen) atoms. The van der Waals surface area contributed by atoms with Gasteiger partial charge in [0.05, 0.1) is 17.7 Å². The molecule has 7 heteroatoms. The van der Waals surface area contributed by atoms with E-state index >= 15 is 0 Å². The molecule has 108 valence electrons. The number of aromatic nitrogens is 4. The first kappa shape index (κ1) is 13.1. The molecule has 1 atom stereocenters. The van der Waals surface area contributed by atoms with E-state index in [2.05, 4.69) is 30.4 Å². The maximum atomic E-state index is 5.49. The summed E-state index contributed by atoms with van der Waals surface area (Å²) in [5.41, 5.74) is 0.769. The Hall–Kier alpha value is -1.89. The van der Waals surface area contributed by atoms with Gasteiger partial charge in [-0.15, -0.1) is 0 Å². The predicted molar refractivity (Wildman–Crippen MR) is 78.1 cm³/mol. The molecule has 1 fully saturated rings. The minimum Gasteiger partial charge on any atom is -0.380 e. The van der Waals surface area contributed by atoms with Crippen LogP contribution >= 0.6 is 0 Å². The first-order valence-electron chi connectivity index (χ1n) is 7.04. The topological polar surface area (TPSA) is 79.0 Å². The zero-order valence-electron chi connectivity index (χ0n) is 11.9. The molecule has 3 rings (SSSR count). The van der Waals surface area contributed by atoms with Gasteiger partial charge in [0.1, 0.15) is 5.82 Å². The third-order valence-electron chi connectivity index (χ3n) is 3.64. The summed E-state index contributed by atoms with van der Waals surface area (Å²) in [4.78, 5) is 11.3. The van der Waals surface area contributed by atoms with Crippen LogP contribution in [0, 0.1) is 0 Å². The Labute approximate surface area is 117 Å². The summed E-state index contributed by atoms with van der Waals surface area (Å²) < 4.78 is 5.49. The van der Waals surface area contributed by atoms with Crippen molar-refractivity contribution in [2.45, 2.75) is 25.9 Å². The van der Waals surface area contributed by atoms with Gasteiger partial charge in [0.15, 0.2) is 5.65 Å². The highest BCUT2D eigenvalue weighted by atomic mass is 16.5. The van der Waals surface area contributed by atoms with Gasteiger partial charge in [-0.1, -0.05) is 0 Å². The van der Waals surface area contributed by atoms with E-state index in [1.54, 1.807) is 13.3 Å². The number of hydrogen-bond acceptors (Lipinski definition) is 6. The number of aromatic amines is 1. The third-order valence-corrected chi connectivity index (χ3v) is 3.64. The molecule has 1 saturated heterocycles. The molecule has 2 N–H and O–H groups in total. The van der Waals surface area contributed by atoms with Gasteiger partial charge in [-0.2, -0.15) is 15.1 Å². The van der Waals surface area contributed by atoms with Crippen molar-refractivity contribution in [2.24, 2.45) is 0 Å². The number of hydrogen-bond donors (Lipinski definition) is 2. The molecule has 0 bridgehead atoms. The lowest BCUT2D eigenvalue weighted by Crippen LogP contribution is -2.39. The molecule has 0 radical (unpaired) electrons. The van der Waals surface area contributed by atoms with Gasteiger partial charge in [-0.05, 0) is 19.8 Å². The molecule has 7 nitrogen and oxygen atoms in total. The summed E-state index contributed by atoms with van der Waals surface area (Å²) >= 11 is 0. The van der Waals surface area contributed by atoms with Crippen LogP contribution in [-0.2, 0) is 4.74 Å². The summed E-state index contributed by atoms with van der Waals surface area (Å²) in [6.45, 7) is 4.67. The molecule has 2 aromatic heterocycles. The lowest BCUT2D eigenvalue weighted by atomic mass is 10.1. The second-order valence-electron chi connectivity index (χ2n) is 4.98. The van der Waals surface area contributed by atoms with Crippen LogP contribution in [0.15, 0.2) is 6.20 Å². The van der Waals surface area contributed by atoms with Gasteiger partial charge in [0, 0.05) is 26.7 Å². The summed E-state index contributed by atoms with van der Waals surface area (Å²) in [5, 5.41) is 11.1. The molecule has 1 aliphatic heterocycles. The largest absolute Gasteiger partial charge is 0.380 e. The molecule has 2 aromatic rings. The average Bonchev–Trinajstić information content (AvgIpc) is 2.95. The second-order valence-corrected chi connectivity index (χ2v) is 4.98. The SMILES string of the molecule is CCNc1nc(N2CCCC(OC)C2)c2cn[nH]c2n1. The van der Waals surface area contributed by atoms with Gasteiger partial charge in [-0.25, -0.2) is 0 Å². The Morgan fingerprint density at radius 3 is 3.20 bits per heavy atom. The molecule has 1 unspecified atom stereocenters. The van der Waals surface area contributed by atoms with Crippen LogP contribution in [-0.4, -0.2) is 53.0 Å². The summed E-state index contributed by atoms with van der Waals surface area (Å²) in [6, 6.07) is 0. The smallest absolute Gasteiger partial charge is 0.226 e. The standard InChI is InChI=1S/C13H20N6O/c1-3-14-13-16-11-10(7-15-18-11)12(17-13)19-6-4-5-9(8-19)20-2/h7,9H,3-6,8H2,1-2H3,(H2,14,15,16,17,18). The first-order valence-corrected chi connectivity index (χ1v) is 7.04. The van der Waals surface area contributed by atoms with Crippen molar-refractivity contribution in [3.8, 4) is 0 Å². The summed E-state index contributed by atoms with van der Waals surface area (Å²) in [7, 11) is 1.77. The highest BCUT2D eigenvalue weighted by Gasteiger charge is 2.23. The highest BCUT2D eigenvalue weighted by Crippen LogP contribution is 2.27. The number of methoxy groups -OCH3 is 1. The van der Waals surface area contributed by atoms with E-state index in [4.69, 9.17) is 4.74 Å². The Morgan fingerprint density at radius 2 is 2.40 bits per heavy atom. The van der Waals surface area contributed by atoms with Crippen molar-refractivity contribution in [2.75, 3.05) is 37.0 Å². The van der Waals surface area contributed by atoms with Crippen LogP contribution in [0.3, 0.4) is 0 Å². The number of rotatable bonds is 4. The number of fused-ring (bicyclic) bond motifs is 1. The second kappa shape index (κ2) is 5.62. The van der Waals surface area contributed by atoms with E-state index in [0.29, 0.717) is 5.95 Å². The molecular formula is C13H20N6O. The highest BCUT2D eigenvalue weighted by molar-refractivity contribution is 5.87. The summed E-state index contributed by atoms with van der Waals surface area (Å²) in [6.07, 6.45) is 4.27. The lowest BCUT2D eigenvalue weighted by molar-refractivity contribution is 0.0892. The van der Waals surface area contributed by atoms with E-state index in [9.17, 15) is 0 Å². The number of nitrogens with zero attached hydrogens (tertiary/aromatic N) is 4. The van der Waals surface area contributed by atoms with Gasteiger partial charge in [0.2, 0.25) is 5.95 Å². The maximum Gasteiger partial charge on any atom is 0.226 e. The molecule has 0 aromatic carbocycles. The van der Waals surface area contributed by atoms with E-state index < -0.39 is 0 Å². The van der Waals surface area contributed by atoms with Crippen LogP contribution in [0.5, 0.6) is 0 Å². The first-order chi connectivity index (χ1) is 9.81. The van der Waals surface area contributed by atoms with Gasteiger partial charge >= 0.3 is 0 Å². The van der Waals surface area contributed by atoms with Crippen LogP contribution in [0.1, 0.15) is 19.8 Å². The number of piperidine rings is 1. The zero-order chi connectivity index (χ0) is 13.9. The molecule has 1 aliphatic rings. The Morgan fingerprint density at radius 1 is 1.50 bits per heavy atom. The van der Waals surface area contributed by atoms with Crippen molar-refractivity contribution in [1.82, 2.24) is 20.2 Å². The van der Waals surface area contributed by atoms with Crippen molar-refractivity contribution in [1.29, 1.82) is 0 Å². The predicted octanol–water partition coefficient (Wildman–Crippen LogP) is 1.40. The van der Waals surface area contributed by atoms with Crippen molar-refractivity contribution < 1.29 is 4.74 Å². The monoisotopic (exact) mass is 276 g/mol. The molecule has 0 amide bonds. The number of H-pyrrole nitrogens is 1. The fraction of sp³-hybridized carbons (Fsp3) is 0.615. The van der Waals surface area contributed by atoms with E-state index in [-0.39, 0.29) is 6.10 Å². The Bertz CT molecular complexity index is 583. The van der Waals surface area contributed by atoms with Gasteiger partial charge < -0.3 is 15.0 Å².